The summed E-state index contributed by atoms with van der Waals surface area (Å²) in [4.78, 5) is 23.3. The van der Waals surface area contributed by atoms with Crippen molar-refractivity contribution in [1.82, 2.24) is 14.9 Å². The molecule has 119 valence electrons. The van der Waals surface area contributed by atoms with Gasteiger partial charge in [-0.1, -0.05) is 30.3 Å². The van der Waals surface area contributed by atoms with Crippen LogP contribution in [0.25, 0.3) is 10.9 Å². The molecule has 0 fully saturated rings. The molecule has 1 aromatic heterocycles. The first-order chi connectivity index (χ1) is 11.7. The molecule has 2 N–H and O–H groups in total. The number of carbonyl (C=O) groups excluding carboxylic acids is 1. The molecule has 0 spiro atoms. The molecule has 0 atom stereocenters. The van der Waals surface area contributed by atoms with Crippen LogP contribution in [0.1, 0.15) is 27.2 Å². The molecule has 2 aromatic carbocycles. The van der Waals surface area contributed by atoms with E-state index in [1.165, 1.54) is 11.1 Å². The fourth-order valence-corrected chi connectivity index (χ4v) is 3.14. The van der Waals surface area contributed by atoms with Crippen LogP contribution in [0.5, 0.6) is 0 Å². The normalized spacial score (nSPS) is 13.3. The number of benzene rings is 2. The Kier molecular flexibility index (Phi) is 3.41. The molecule has 0 aliphatic carbocycles. The van der Waals surface area contributed by atoms with Gasteiger partial charge in [-0.3, -0.25) is 4.79 Å². The van der Waals surface area contributed by atoms with Gasteiger partial charge in [-0.25, -0.2) is 9.97 Å². The predicted molar refractivity (Wildman–Crippen MR) is 93.0 cm³/mol. The average molecular weight is 317 g/mol. The van der Waals surface area contributed by atoms with Gasteiger partial charge in [0.1, 0.15) is 5.69 Å². The lowest BCUT2D eigenvalue weighted by molar-refractivity contribution is 0.0747. The SMILES string of the molecule is [CH2]Cc1ccc2nc(N)nc(C(=O)N3Cc4ccccc4C3)c2c1. The van der Waals surface area contributed by atoms with Crippen molar-refractivity contribution in [3.8, 4) is 0 Å². The maximum absolute atomic E-state index is 13.0. The summed E-state index contributed by atoms with van der Waals surface area (Å²) in [6.45, 7) is 5.08. The minimum atomic E-state index is -0.119. The van der Waals surface area contributed by atoms with Gasteiger partial charge in [0.15, 0.2) is 0 Å². The van der Waals surface area contributed by atoms with E-state index in [0.29, 0.717) is 30.7 Å². The van der Waals surface area contributed by atoms with Crippen LogP contribution in [0.4, 0.5) is 5.95 Å². The topological polar surface area (TPSA) is 72.1 Å². The van der Waals surface area contributed by atoms with Gasteiger partial charge in [-0.05, 0) is 42.2 Å². The number of hydrogen-bond donors (Lipinski definition) is 1. The number of hydrogen-bond acceptors (Lipinski definition) is 4. The van der Waals surface area contributed by atoms with Crippen molar-refractivity contribution in [2.24, 2.45) is 0 Å². The molecule has 0 unspecified atom stereocenters. The molecule has 5 nitrogen and oxygen atoms in total. The second-order valence-electron chi connectivity index (χ2n) is 5.96. The zero-order chi connectivity index (χ0) is 16.7. The number of anilines is 1. The Hall–Kier alpha value is -2.95. The molecule has 0 saturated heterocycles. The summed E-state index contributed by atoms with van der Waals surface area (Å²) in [6, 6.07) is 13.8. The number of carbonyl (C=O) groups is 1. The van der Waals surface area contributed by atoms with Crippen LogP contribution in [0.3, 0.4) is 0 Å². The first-order valence-corrected chi connectivity index (χ1v) is 7.87. The number of fused-ring (bicyclic) bond motifs is 2. The number of nitrogen functional groups attached to an aromatic ring is 1. The third-order valence-corrected chi connectivity index (χ3v) is 4.40. The minimum absolute atomic E-state index is 0.116. The number of aromatic nitrogens is 2. The molecule has 0 bridgehead atoms. The van der Waals surface area contributed by atoms with Crippen LogP contribution in [0.2, 0.25) is 0 Å². The third kappa shape index (κ3) is 2.38. The van der Waals surface area contributed by atoms with Gasteiger partial charge in [-0.2, -0.15) is 0 Å². The van der Waals surface area contributed by atoms with E-state index in [0.717, 1.165) is 10.9 Å². The number of amides is 1. The molecule has 2 heterocycles. The standard InChI is InChI=1S/C19H17N4O/c1-2-12-7-8-16-15(9-12)17(22-19(20)21-16)18(24)23-10-13-5-3-4-6-14(13)11-23/h3-9H,1-2,10-11H2,(H2,20,21,22). The second-order valence-corrected chi connectivity index (χ2v) is 5.96. The highest BCUT2D eigenvalue weighted by Gasteiger charge is 2.26. The highest BCUT2D eigenvalue weighted by Crippen LogP contribution is 2.26. The Morgan fingerprint density at radius 3 is 2.50 bits per heavy atom. The average Bonchev–Trinajstić information content (AvgIpc) is 3.04. The molecular weight excluding hydrogens is 300 g/mol. The fourth-order valence-electron chi connectivity index (χ4n) is 3.14. The summed E-state index contributed by atoms with van der Waals surface area (Å²) in [6.07, 6.45) is 0.642. The van der Waals surface area contributed by atoms with Gasteiger partial charge in [0, 0.05) is 18.5 Å². The van der Waals surface area contributed by atoms with E-state index >= 15 is 0 Å². The van der Waals surface area contributed by atoms with Crippen LogP contribution in [0, 0.1) is 6.92 Å². The van der Waals surface area contributed by atoms with E-state index in [-0.39, 0.29) is 11.9 Å². The Balaban J connectivity index is 1.77. The van der Waals surface area contributed by atoms with Crippen molar-refractivity contribution < 1.29 is 4.79 Å². The van der Waals surface area contributed by atoms with Gasteiger partial charge < -0.3 is 10.6 Å². The zero-order valence-corrected chi connectivity index (χ0v) is 13.2. The summed E-state index contributed by atoms with van der Waals surface area (Å²) >= 11 is 0. The zero-order valence-electron chi connectivity index (χ0n) is 13.2. The van der Waals surface area contributed by atoms with Crippen LogP contribution < -0.4 is 5.73 Å². The Morgan fingerprint density at radius 1 is 1.12 bits per heavy atom. The van der Waals surface area contributed by atoms with Crippen LogP contribution in [-0.2, 0) is 19.5 Å². The van der Waals surface area contributed by atoms with Crippen molar-refractivity contribution in [1.29, 1.82) is 0 Å². The second kappa shape index (κ2) is 5.60. The van der Waals surface area contributed by atoms with Crippen molar-refractivity contribution in [3.05, 3.63) is 71.8 Å². The van der Waals surface area contributed by atoms with Crippen molar-refractivity contribution >= 4 is 22.8 Å². The molecule has 0 saturated carbocycles. The lowest BCUT2D eigenvalue weighted by Crippen LogP contribution is -2.27. The first kappa shape index (κ1) is 14.6. The highest BCUT2D eigenvalue weighted by atomic mass is 16.2. The number of nitrogens with zero attached hydrogens (tertiary/aromatic N) is 3. The molecular formula is C19H17N4O. The summed E-state index contributed by atoms with van der Waals surface area (Å²) in [7, 11) is 0. The Morgan fingerprint density at radius 2 is 1.83 bits per heavy atom. The summed E-state index contributed by atoms with van der Waals surface area (Å²) in [5.74, 6) is -0.00329. The number of rotatable bonds is 2. The van der Waals surface area contributed by atoms with Crippen LogP contribution in [0.15, 0.2) is 42.5 Å². The van der Waals surface area contributed by atoms with E-state index in [1.807, 2.05) is 30.3 Å². The molecule has 3 aromatic rings. The maximum atomic E-state index is 13.0. The Bertz CT molecular complexity index is 926. The molecule has 5 heteroatoms. The van der Waals surface area contributed by atoms with Gasteiger partial charge in [0.25, 0.3) is 5.91 Å². The molecule has 1 aliphatic heterocycles. The Labute approximate surface area is 140 Å². The van der Waals surface area contributed by atoms with Crippen molar-refractivity contribution in [2.75, 3.05) is 5.73 Å². The van der Waals surface area contributed by atoms with E-state index < -0.39 is 0 Å². The van der Waals surface area contributed by atoms with E-state index in [4.69, 9.17) is 5.73 Å². The maximum Gasteiger partial charge on any atom is 0.273 e. The lowest BCUT2D eigenvalue weighted by atomic mass is 10.1. The van der Waals surface area contributed by atoms with Gasteiger partial charge in [0.05, 0.1) is 5.52 Å². The van der Waals surface area contributed by atoms with Crippen LogP contribution >= 0.6 is 0 Å². The van der Waals surface area contributed by atoms with E-state index in [2.05, 4.69) is 29.0 Å². The summed E-state index contributed by atoms with van der Waals surface area (Å²) in [5.41, 5.74) is 10.2. The van der Waals surface area contributed by atoms with Gasteiger partial charge in [0.2, 0.25) is 5.95 Å². The smallest absolute Gasteiger partial charge is 0.273 e. The van der Waals surface area contributed by atoms with Crippen molar-refractivity contribution in [3.63, 3.8) is 0 Å². The monoisotopic (exact) mass is 317 g/mol. The van der Waals surface area contributed by atoms with E-state index in [9.17, 15) is 4.79 Å². The first-order valence-electron chi connectivity index (χ1n) is 7.87. The largest absolute Gasteiger partial charge is 0.368 e. The van der Waals surface area contributed by atoms with Gasteiger partial charge >= 0.3 is 0 Å². The predicted octanol–water partition coefficient (Wildman–Crippen LogP) is 2.74. The summed E-state index contributed by atoms with van der Waals surface area (Å²) < 4.78 is 0. The molecule has 1 radical (unpaired) electrons. The molecule has 1 amide bonds. The minimum Gasteiger partial charge on any atom is -0.368 e. The summed E-state index contributed by atoms with van der Waals surface area (Å²) in [5, 5.41) is 0.728. The highest BCUT2D eigenvalue weighted by molar-refractivity contribution is 6.05. The molecule has 1 aliphatic rings. The van der Waals surface area contributed by atoms with E-state index in [1.54, 1.807) is 4.90 Å². The van der Waals surface area contributed by atoms with Gasteiger partial charge in [-0.15, -0.1) is 0 Å². The molecule has 24 heavy (non-hydrogen) atoms. The third-order valence-electron chi connectivity index (χ3n) is 4.40. The quantitative estimate of drug-likeness (QED) is 0.789. The van der Waals surface area contributed by atoms with Crippen LogP contribution in [-0.4, -0.2) is 20.8 Å². The number of nitrogens with two attached hydrogens (primary N) is 1. The fraction of sp³-hybridized carbons (Fsp3) is 0.158. The lowest BCUT2D eigenvalue weighted by Gasteiger charge is -2.16. The molecule has 4 rings (SSSR count). The van der Waals surface area contributed by atoms with Crippen molar-refractivity contribution in [2.45, 2.75) is 19.5 Å².